The molecule has 1 aromatic rings. The summed E-state index contributed by atoms with van der Waals surface area (Å²) in [7, 11) is 1.69. The molecule has 0 unspecified atom stereocenters. The number of nitrogens with two attached hydrogens (primary N) is 1. The summed E-state index contributed by atoms with van der Waals surface area (Å²) in [4.78, 5) is 2.43. The van der Waals surface area contributed by atoms with Crippen LogP contribution in [0.15, 0.2) is 18.2 Å². The summed E-state index contributed by atoms with van der Waals surface area (Å²) in [6, 6.07) is 6.43. The van der Waals surface area contributed by atoms with Gasteiger partial charge in [0.05, 0.1) is 18.5 Å². The number of hydrogen-bond donors (Lipinski definition) is 1. The summed E-state index contributed by atoms with van der Waals surface area (Å²) in [5, 5.41) is 0. The number of nitrogens with zero attached hydrogens (tertiary/aromatic N) is 1. The van der Waals surface area contributed by atoms with Gasteiger partial charge >= 0.3 is 0 Å². The molecule has 0 amide bonds. The quantitative estimate of drug-likeness (QED) is 0.758. The molecule has 0 aliphatic rings. The Morgan fingerprint density at radius 2 is 1.84 bits per heavy atom. The standard InChI is InChI=1S/C16H28N2O/c1-6-13(7-2)18(11-12(3)4)16-10-14(19-5)8-9-15(16)17/h8-10,12-13H,6-7,11,17H2,1-5H3. The molecule has 0 aliphatic heterocycles. The van der Waals surface area contributed by atoms with Crippen LogP contribution < -0.4 is 15.4 Å². The first-order valence-corrected chi connectivity index (χ1v) is 7.23. The topological polar surface area (TPSA) is 38.5 Å². The van der Waals surface area contributed by atoms with Crippen LogP contribution in [0.4, 0.5) is 11.4 Å². The Hall–Kier alpha value is -1.38. The highest BCUT2D eigenvalue weighted by atomic mass is 16.5. The van der Waals surface area contributed by atoms with Crippen LogP contribution in [-0.4, -0.2) is 19.7 Å². The van der Waals surface area contributed by atoms with E-state index in [-0.39, 0.29) is 0 Å². The van der Waals surface area contributed by atoms with Crippen molar-refractivity contribution in [2.75, 3.05) is 24.3 Å². The summed E-state index contributed by atoms with van der Waals surface area (Å²) in [6.07, 6.45) is 2.25. The van der Waals surface area contributed by atoms with Gasteiger partial charge in [0.2, 0.25) is 0 Å². The Labute approximate surface area is 117 Å². The van der Waals surface area contributed by atoms with Crippen LogP contribution in [0.5, 0.6) is 5.75 Å². The molecule has 108 valence electrons. The van der Waals surface area contributed by atoms with Crippen molar-refractivity contribution in [2.45, 2.75) is 46.6 Å². The van der Waals surface area contributed by atoms with Crippen molar-refractivity contribution in [3.63, 3.8) is 0 Å². The van der Waals surface area contributed by atoms with Gasteiger partial charge in [0.1, 0.15) is 5.75 Å². The number of methoxy groups -OCH3 is 1. The molecule has 0 bridgehead atoms. The van der Waals surface area contributed by atoms with Gasteiger partial charge < -0.3 is 15.4 Å². The summed E-state index contributed by atoms with van der Waals surface area (Å²) < 4.78 is 5.33. The van der Waals surface area contributed by atoms with Crippen LogP contribution >= 0.6 is 0 Å². The number of anilines is 2. The highest BCUT2D eigenvalue weighted by Gasteiger charge is 2.19. The second-order valence-electron chi connectivity index (χ2n) is 5.44. The Morgan fingerprint density at radius 1 is 1.21 bits per heavy atom. The number of hydrogen-bond acceptors (Lipinski definition) is 3. The van der Waals surface area contributed by atoms with Gasteiger partial charge in [-0.1, -0.05) is 27.7 Å². The lowest BCUT2D eigenvalue weighted by atomic mass is 10.1. The van der Waals surface area contributed by atoms with Crippen LogP contribution in [0.1, 0.15) is 40.5 Å². The highest BCUT2D eigenvalue weighted by molar-refractivity contribution is 5.70. The molecule has 0 saturated carbocycles. The van der Waals surface area contributed by atoms with Crippen LogP contribution in [0.2, 0.25) is 0 Å². The van der Waals surface area contributed by atoms with Crippen molar-refractivity contribution in [1.82, 2.24) is 0 Å². The molecule has 19 heavy (non-hydrogen) atoms. The lowest BCUT2D eigenvalue weighted by Crippen LogP contribution is -2.37. The average Bonchev–Trinajstić information content (AvgIpc) is 2.39. The maximum absolute atomic E-state index is 6.17. The van der Waals surface area contributed by atoms with Gasteiger partial charge in [-0.15, -0.1) is 0 Å². The van der Waals surface area contributed by atoms with Gasteiger partial charge in [-0.25, -0.2) is 0 Å². The lowest BCUT2D eigenvalue weighted by Gasteiger charge is -2.35. The minimum absolute atomic E-state index is 0.525. The van der Waals surface area contributed by atoms with E-state index in [1.165, 1.54) is 0 Å². The fraction of sp³-hybridized carbons (Fsp3) is 0.625. The van der Waals surface area contributed by atoms with E-state index >= 15 is 0 Å². The van der Waals surface area contributed by atoms with Gasteiger partial charge in [0.15, 0.2) is 0 Å². The molecule has 0 fully saturated rings. The number of rotatable bonds is 7. The molecule has 3 nitrogen and oxygen atoms in total. The molecular formula is C16H28N2O. The highest BCUT2D eigenvalue weighted by Crippen LogP contribution is 2.31. The fourth-order valence-electron chi connectivity index (χ4n) is 2.47. The minimum Gasteiger partial charge on any atom is -0.497 e. The third-order valence-electron chi connectivity index (χ3n) is 3.49. The SMILES string of the molecule is CCC(CC)N(CC(C)C)c1cc(OC)ccc1N. The molecule has 1 aromatic carbocycles. The van der Waals surface area contributed by atoms with Crippen LogP contribution in [0, 0.1) is 5.92 Å². The van der Waals surface area contributed by atoms with Crippen molar-refractivity contribution in [3.05, 3.63) is 18.2 Å². The Morgan fingerprint density at radius 3 is 2.32 bits per heavy atom. The summed E-state index contributed by atoms with van der Waals surface area (Å²) in [6.45, 7) is 9.97. The number of benzene rings is 1. The first-order valence-electron chi connectivity index (χ1n) is 7.23. The minimum atomic E-state index is 0.525. The van der Waals surface area contributed by atoms with E-state index in [0.29, 0.717) is 12.0 Å². The maximum Gasteiger partial charge on any atom is 0.121 e. The van der Waals surface area contributed by atoms with E-state index in [0.717, 1.165) is 36.5 Å². The van der Waals surface area contributed by atoms with Crippen molar-refractivity contribution >= 4 is 11.4 Å². The van der Waals surface area contributed by atoms with E-state index in [4.69, 9.17) is 10.5 Å². The second kappa shape index (κ2) is 7.27. The van der Waals surface area contributed by atoms with E-state index < -0.39 is 0 Å². The molecule has 0 aliphatic carbocycles. The molecular weight excluding hydrogens is 236 g/mol. The van der Waals surface area contributed by atoms with Gasteiger partial charge in [0, 0.05) is 18.7 Å². The molecule has 0 saturated heterocycles. The first-order chi connectivity index (χ1) is 9.03. The molecule has 1 rings (SSSR count). The molecule has 0 aromatic heterocycles. The van der Waals surface area contributed by atoms with Gasteiger partial charge in [-0.2, -0.15) is 0 Å². The Bertz CT molecular complexity index is 386. The summed E-state index contributed by atoms with van der Waals surface area (Å²) in [5.41, 5.74) is 8.10. The third kappa shape index (κ3) is 4.05. The zero-order valence-corrected chi connectivity index (χ0v) is 12.9. The Kier molecular flexibility index (Phi) is 6.00. The molecule has 0 spiro atoms. The van der Waals surface area contributed by atoms with Crippen molar-refractivity contribution in [1.29, 1.82) is 0 Å². The normalized spacial score (nSPS) is 11.1. The van der Waals surface area contributed by atoms with Crippen molar-refractivity contribution < 1.29 is 4.74 Å². The monoisotopic (exact) mass is 264 g/mol. The van der Waals surface area contributed by atoms with Gasteiger partial charge in [-0.05, 0) is 30.9 Å². The molecule has 2 N–H and O–H groups in total. The zero-order valence-electron chi connectivity index (χ0n) is 12.9. The van der Waals surface area contributed by atoms with Crippen molar-refractivity contribution in [3.8, 4) is 5.75 Å². The van der Waals surface area contributed by atoms with E-state index in [9.17, 15) is 0 Å². The van der Waals surface area contributed by atoms with E-state index in [2.05, 4.69) is 38.7 Å². The first kappa shape index (κ1) is 15.7. The van der Waals surface area contributed by atoms with Gasteiger partial charge in [0.25, 0.3) is 0 Å². The Balaban J connectivity index is 3.15. The van der Waals surface area contributed by atoms with E-state index in [1.54, 1.807) is 7.11 Å². The number of nitrogen functional groups attached to an aromatic ring is 1. The fourth-order valence-corrected chi connectivity index (χ4v) is 2.47. The van der Waals surface area contributed by atoms with Gasteiger partial charge in [-0.3, -0.25) is 0 Å². The predicted octanol–water partition coefficient (Wildman–Crippen LogP) is 3.93. The average molecular weight is 264 g/mol. The smallest absolute Gasteiger partial charge is 0.121 e. The molecule has 0 radical (unpaired) electrons. The summed E-state index contributed by atoms with van der Waals surface area (Å²) in [5.74, 6) is 1.47. The van der Waals surface area contributed by atoms with Crippen LogP contribution in [0.25, 0.3) is 0 Å². The molecule has 3 heteroatoms. The lowest BCUT2D eigenvalue weighted by molar-refractivity contribution is 0.414. The van der Waals surface area contributed by atoms with E-state index in [1.807, 2.05) is 12.1 Å². The summed E-state index contributed by atoms with van der Waals surface area (Å²) >= 11 is 0. The van der Waals surface area contributed by atoms with Crippen LogP contribution in [0.3, 0.4) is 0 Å². The zero-order chi connectivity index (χ0) is 14.4. The van der Waals surface area contributed by atoms with Crippen molar-refractivity contribution in [2.24, 2.45) is 5.92 Å². The molecule has 0 atom stereocenters. The molecule has 0 heterocycles. The largest absolute Gasteiger partial charge is 0.497 e. The maximum atomic E-state index is 6.17. The third-order valence-corrected chi connectivity index (χ3v) is 3.49. The predicted molar refractivity (Wildman–Crippen MR) is 84.0 cm³/mol. The second-order valence-corrected chi connectivity index (χ2v) is 5.44. The number of ether oxygens (including phenoxy) is 1. The van der Waals surface area contributed by atoms with Crippen LogP contribution in [-0.2, 0) is 0 Å².